The summed E-state index contributed by atoms with van der Waals surface area (Å²) in [4.78, 5) is 0. The summed E-state index contributed by atoms with van der Waals surface area (Å²) in [6.45, 7) is 3.70. The van der Waals surface area contributed by atoms with Gasteiger partial charge in [-0.25, -0.2) is 0 Å². The lowest BCUT2D eigenvalue weighted by Crippen LogP contribution is -2.31. The Kier molecular flexibility index (Phi) is 6.53. The van der Waals surface area contributed by atoms with Gasteiger partial charge in [-0.05, 0) is 47.7 Å². The van der Waals surface area contributed by atoms with Crippen LogP contribution < -0.4 is 0 Å². The fraction of sp³-hybridized carbons (Fsp3) is 0.364. The number of benzene rings is 2. The second-order valence-electron chi connectivity index (χ2n) is 6.36. The van der Waals surface area contributed by atoms with E-state index in [0.29, 0.717) is 5.92 Å². The highest BCUT2D eigenvalue weighted by molar-refractivity contribution is 6.30. The molecule has 1 heterocycles. The molecule has 2 aromatic carbocycles. The van der Waals surface area contributed by atoms with Gasteiger partial charge < -0.3 is 9.47 Å². The zero-order valence-corrected chi connectivity index (χ0v) is 15.3. The lowest BCUT2D eigenvalue weighted by molar-refractivity contribution is -0.170. The van der Waals surface area contributed by atoms with Crippen molar-refractivity contribution in [1.82, 2.24) is 0 Å². The highest BCUT2D eigenvalue weighted by Gasteiger charge is 2.20. The van der Waals surface area contributed by atoms with E-state index in [9.17, 15) is 0 Å². The molecular formula is C22H23ClO2. The maximum atomic E-state index is 5.93. The van der Waals surface area contributed by atoms with E-state index < -0.39 is 6.29 Å². The molecule has 1 saturated heterocycles. The molecule has 0 aliphatic carbocycles. The molecule has 0 N–H and O–H groups in total. The Morgan fingerprint density at radius 2 is 1.56 bits per heavy atom. The van der Waals surface area contributed by atoms with Crippen LogP contribution in [0, 0.1) is 17.8 Å². The number of unbranched alkanes of at least 4 members (excludes halogenated alkanes) is 1. The second-order valence-corrected chi connectivity index (χ2v) is 6.80. The number of hydrogen-bond donors (Lipinski definition) is 0. The van der Waals surface area contributed by atoms with E-state index in [-0.39, 0.29) is 0 Å². The number of rotatable bonds is 4. The zero-order chi connectivity index (χ0) is 17.5. The van der Waals surface area contributed by atoms with Crippen LogP contribution in [0.2, 0.25) is 5.02 Å². The summed E-state index contributed by atoms with van der Waals surface area (Å²) in [5, 5.41) is 0.746. The highest BCUT2D eigenvalue weighted by Crippen LogP contribution is 2.22. The van der Waals surface area contributed by atoms with E-state index in [1.165, 1.54) is 19.3 Å². The molecule has 0 spiro atoms. The van der Waals surface area contributed by atoms with E-state index in [4.69, 9.17) is 21.1 Å². The SMILES string of the molecule is CCCCC1COC(C#Cc2ccc(-c3ccc(Cl)cc3)cc2)OC1. The van der Waals surface area contributed by atoms with Crippen molar-refractivity contribution in [3.63, 3.8) is 0 Å². The highest BCUT2D eigenvalue weighted by atomic mass is 35.5. The Hall–Kier alpha value is -1.79. The van der Waals surface area contributed by atoms with E-state index in [1.807, 2.05) is 36.4 Å². The average Bonchev–Trinajstić information content (AvgIpc) is 2.67. The van der Waals surface area contributed by atoms with Crippen LogP contribution in [-0.2, 0) is 9.47 Å². The lowest BCUT2D eigenvalue weighted by atomic mass is 10.0. The molecule has 1 aliphatic heterocycles. The molecule has 0 aromatic heterocycles. The Bertz CT molecular complexity index is 717. The standard InChI is InChI=1S/C22H23ClO2/c1-2-3-4-18-15-24-22(25-16-18)14-7-17-5-8-19(9-6-17)20-10-12-21(23)13-11-20/h5-6,8-13,18,22H,2-4,15-16H2,1H3. The Balaban J connectivity index is 1.56. The van der Waals surface area contributed by atoms with Gasteiger partial charge in [0.15, 0.2) is 0 Å². The van der Waals surface area contributed by atoms with Crippen molar-refractivity contribution in [3.8, 4) is 23.0 Å². The predicted octanol–water partition coefficient (Wildman–Crippen LogP) is 5.54. The van der Waals surface area contributed by atoms with E-state index in [2.05, 4.69) is 30.9 Å². The minimum absolute atomic E-state index is 0.409. The Morgan fingerprint density at radius 3 is 2.16 bits per heavy atom. The quantitative estimate of drug-likeness (QED) is 0.671. The zero-order valence-electron chi connectivity index (χ0n) is 14.5. The van der Waals surface area contributed by atoms with Gasteiger partial charge in [0.1, 0.15) is 0 Å². The van der Waals surface area contributed by atoms with Gasteiger partial charge >= 0.3 is 0 Å². The van der Waals surface area contributed by atoms with Crippen LogP contribution in [-0.4, -0.2) is 19.5 Å². The molecule has 1 aliphatic rings. The summed E-state index contributed by atoms with van der Waals surface area (Å²) in [5.41, 5.74) is 3.24. The van der Waals surface area contributed by atoms with Crippen LogP contribution in [0.3, 0.4) is 0 Å². The third-order valence-corrected chi connectivity index (χ3v) is 4.58. The van der Waals surface area contributed by atoms with Gasteiger partial charge in [-0.1, -0.05) is 61.6 Å². The maximum absolute atomic E-state index is 5.93. The maximum Gasteiger partial charge on any atom is 0.222 e. The molecule has 3 rings (SSSR count). The van der Waals surface area contributed by atoms with Crippen molar-refractivity contribution < 1.29 is 9.47 Å². The monoisotopic (exact) mass is 354 g/mol. The molecule has 0 amide bonds. The van der Waals surface area contributed by atoms with Crippen LogP contribution in [0.1, 0.15) is 31.7 Å². The summed E-state index contributed by atoms with van der Waals surface area (Å²) in [6, 6.07) is 16.0. The molecule has 130 valence electrons. The van der Waals surface area contributed by atoms with Crippen molar-refractivity contribution in [2.24, 2.45) is 5.92 Å². The summed E-state index contributed by atoms with van der Waals surface area (Å²) >= 11 is 5.93. The number of ether oxygens (including phenoxy) is 2. The molecule has 3 heteroatoms. The van der Waals surface area contributed by atoms with Crippen LogP contribution in [0.5, 0.6) is 0 Å². The predicted molar refractivity (Wildman–Crippen MR) is 102 cm³/mol. The molecule has 25 heavy (non-hydrogen) atoms. The van der Waals surface area contributed by atoms with Crippen LogP contribution >= 0.6 is 11.6 Å². The fourth-order valence-corrected chi connectivity index (χ4v) is 2.94. The van der Waals surface area contributed by atoms with Crippen LogP contribution in [0.15, 0.2) is 48.5 Å². The third-order valence-electron chi connectivity index (χ3n) is 4.33. The first kappa shape index (κ1) is 18.0. The van der Waals surface area contributed by atoms with Gasteiger partial charge in [0.05, 0.1) is 13.2 Å². The van der Waals surface area contributed by atoms with E-state index in [1.54, 1.807) is 0 Å². The van der Waals surface area contributed by atoms with Gasteiger partial charge in [-0.15, -0.1) is 0 Å². The van der Waals surface area contributed by atoms with Gasteiger partial charge in [-0.3, -0.25) is 0 Å². The first-order chi connectivity index (χ1) is 12.2. The van der Waals surface area contributed by atoms with Crippen molar-refractivity contribution >= 4 is 11.6 Å². The first-order valence-corrected chi connectivity index (χ1v) is 9.23. The fourth-order valence-electron chi connectivity index (χ4n) is 2.82. The van der Waals surface area contributed by atoms with Crippen LogP contribution in [0.25, 0.3) is 11.1 Å². The molecule has 0 radical (unpaired) electrons. The molecular weight excluding hydrogens is 332 g/mol. The summed E-state index contributed by atoms with van der Waals surface area (Å²) in [7, 11) is 0. The molecule has 2 nitrogen and oxygen atoms in total. The minimum atomic E-state index is -0.409. The molecule has 2 aromatic rings. The number of hydrogen-bond acceptors (Lipinski definition) is 2. The van der Waals surface area contributed by atoms with Crippen molar-refractivity contribution in [2.45, 2.75) is 32.5 Å². The second kappa shape index (κ2) is 9.06. The van der Waals surface area contributed by atoms with Crippen molar-refractivity contribution in [2.75, 3.05) is 13.2 Å². The Labute approximate surface area is 155 Å². The molecule has 0 saturated carbocycles. The average molecular weight is 355 g/mol. The summed E-state index contributed by atoms with van der Waals surface area (Å²) in [6.07, 6.45) is 3.20. The third kappa shape index (κ3) is 5.34. The van der Waals surface area contributed by atoms with Gasteiger partial charge in [0.25, 0.3) is 0 Å². The first-order valence-electron chi connectivity index (χ1n) is 8.85. The van der Waals surface area contributed by atoms with E-state index >= 15 is 0 Å². The topological polar surface area (TPSA) is 18.5 Å². The number of halogens is 1. The van der Waals surface area contributed by atoms with E-state index in [0.717, 1.165) is 34.9 Å². The van der Waals surface area contributed by atoms with Gasteiger partial charge in [-0.2, -0.15) is 0 Å². The van der Waals surface area contributed by atoms with Gasteiger partial charge in [0.2, 0.25) is 6.29 Å². The molecule has 0 atom stereocenters. The van der Waals surface area contributed by atoms with Gasteiger partial charge in [0, 0.05) is 16.5 Å². The smallest absolute Gasteiger partial charge is 0.222 e. The lowest BCUT2D eigenvalue weighted by Gasteiger charge is -2.26. The van der Waals surface area contributed by atoms with Crippen molar-refractivity contribution in [1.29, 1.82) is 0 Å². The van der Waals surface area contributed by atoms with Crippen molar-refractivity contribution in [3.05, 3.63) is 59.1 Å². The molecule has 1 fully saturated rings. The molecule has 0 unspecified atom stereocenters. The summed E-state index contributed by atoms with van der Waals surface area (Å²) < 4.78 is 11.4. The minimum Gasteiger partial charge on any atom is -0.342 e. The molecule has 0 bridgehead atoms. The summed E-state index contributed by atoms with van der Waals surface area (Å²) in [5.74, 6) is 6.72. The Morgan fingerprint density at radius 1 is 0.960 bits per heavy atom. The normalized spacial score (nSPS) is 19.9. The van der Waals surface area contributed by atoms with Crippen LogP contribution in [0.4, 0.5) is 0 Å². The largest absolute Gasteiger partial charge is 0.342 e.